The molecule has 0 saturated carbocycles. The monoisotopic (exact) mass is 325 g/mol. The van der Waals surface area contributed by atoms with Gasteiger partial charge in [-0.3, -0.25) is 0 Å². The van der Waals surface area contributed by atoms with E-state index in [-0.39, 0.29) is 12.0 Å². The molecule has 2 heterocycles. The summed E-state index contributed by atoms with van der Waals surface area (Å²) in [5.74, 6) is -0.178. The Hall–Kier alpha value is -0.950. The Morgan fingerprint density at radius 3 is 2.73 bits per heavy atom. The maximum Gasteiger partial charge on any atom is 0.243 e. The fourth-order valence-corrected chi connectivity index (χ4v) is 5.32. The molecule has 6 heteroatoms. The third-order valence-electron chi connectivity index (χ3n) is 4.91. The molecule has 0 bridgehead atoms. The van der Waals surface area contributed by atoms with E-state index < -0.39 is 15.6 Å². The quantitative estimate of drug-likeness (QED) is 0.917. The molecule has 1 aromatic rings. The van der Waals surface area contributed by atoms with Crippen molar-refractivity contribution in [2.45, 2.75) is 42.7 Å². The first kappa shape index (κ1) is 15.9. The summed E-state index contributed by atoms with van der Waals surface area (Å²) in [5, 5.41) is 10.6. The second-order valence-corrected chi connectivity index (χ2v) is 8.32. The molecule has 22 heavy (non-hydrogen) atoms. The number of benzene rings is 1. The zero-order valence-corrected chi connectivity index (χ0v) is 13.6. The van der Waals surface area contributed by atoms with Crippen LogP contribution in [0.25, 0.3) is 0 Å². The average molecular weight is 325 g/mol. The van der Waals surface area contributed by atoms with Crippen molar-refractivity contribution in [2.75, 3.05) is 19.8 Å². The Bertz CT molecular complexity index is 614. The lowest BCUT2D eigenvalue weighted by Crippen LogP contribution is -2.53. The van der Waals surface area contributed by atoms with E-state index in [9.17, 15) is 13.5 Å². The van der Waals surface area contributed by atoms with E-state index in [1.807, 2.05) is 0 Å². The van der Waals surface area contributed by atoms with Crippen LogP contribution >= 0.6 is 0 Å². The van der Waals surface area contributed by atoms with Crippen LogP contribution < -0.4 is 0 Å². The van der Waals surface area contributed by atoms with Gasteiger partial charge in [0.2, 0.25) is 10.0 Å². The normalized spacial score (nSPS) is 33.9. The Kier molecular flexibility index (Phi) is 4.29. The van der Waals surface area contributed by atoms with Crippen LogP contribution in [0.1, 0.15) is 26.2 Å². The number of sulfonamides is 1. The predicted molar refractivity (Wildman–Crippen MR) is 82.9 cm³/mol. The Morgan fingerprint density at radius 1 is 1.32 bits per heavy atom. The summed E-state index contributed by atoms with van der Waals surface area (Å²) >= 11 is 0. The SMILES string of the molecule is CC1(O)CCOCC1C1CCCN1S(=O)(=O)c1ccccc1. The second kappa shape index (κ2) is 5.92. The van der Waals surface area contributed by atoms with Crippen molar-refractivity contribution in [2.24, 2.45) is 5.92 Å². The Balaban J connectivity index is 1.90. The van der Waals surface area contributed by atoms with Crippen molar-refractivity contribution in [3.8, 4) is 0 Å². The maximum absolute atomic E-state index is 12.9. The second-order valence-electron chi connectivity index (χ2n) is 6.43. The van der Waals surface area contributed by atoms with Crippen molar-refractivity contribution >= 4 is 10.0 Å². The van der Waals surface area contributed by atoms with Crippen LogP contribution in [0.15, 0.2) is 35.2 Å². The van der Waals surface area contributed by atoms with Crippen molar-refractivity contribution in [3.63, 3.8) is 0 Å². The molecule has 0 spiro atoms. The van der Waals surface area contributed by atoms with Gasteiger partial charge >= 0.3 is 0 Å². The van der Waals surface area contributed by atoms with Crippen LogP contribution in [-0.2, 0) is 14.8 Å². The molecule has 0 aliphatic carbocycles. The summed E-state index contributed by atoms with van der Waals surface area (Å²) in [6, 6.07) is 8.33. The molecule has 3 rings (SSSR count). The summed E-state index contributed by atoms with van der Waals surface area (Å²) in [6.07, 6.45) is 2.15. The molecule has 5 nitrogen and oxygen atoms in total. The largest absolute Gasteiger partial charge is 0.390 e. The van der Waals surface area contributed by atoms with E-state index in [0.717, 1.165) is 12.8 Å². The topological polar surface area (TPSA) is 66.8 Å². The van der Waals surface area contributed by atoms with Crippen molar-refractivity contribution in [3.05, 3.63) is 30.3 Å². The first-order valence-corrected chi connectivity index (χ1v) is 9.24. The lowest BCUT2D eigenvalue weighted by molar-refractivity contribution is -0.116. The number of hydrogen-bond acceptors (Lipinski definition) is 4. The standard InChI is InChI=1S/C16H23NO4S/c1-16(18)9-11-21-12-14(16)15-8-5-10-17(15)22(19,20)13-6-3-2-4-7-13/h2-4,6-7,14-15,18H,5,8-12H2,1H3. The molecule has 3 unspecified atom stereocenters. The maximum atomic E-state index is 12.9. The van der Waals surface area contributed by atoms with E-state index in [0.29, 0.717) is 31.1 Å². The molecule has 0 aromatic heterocycles. The minimum Gasteiger partial charge on any atom is -0.390 e. The van der Waals surface area contributed by atoms with Gasteiger partial charge in [0.15, 0.2) is 0 Å². The van der Waals surface area contributed by atoms with E-state index in [2.05, 4.69) is 0 Å². The van der Waals surface area contributed by atoms with Crippen molar-refractivity contribution in [1.29, 1.82) is 0 Å². The average Bonchev–Trinajstić information content (AvgIpc) is 2.97. The molecule has 1 N–H and O–H groups in total. The minimum atomic E-state index is -3.52. The summed E-state index contributed by atoms with van der Waals surface area (Å²) in [5.41, 5.74) is -0.877. The fraction of sp³-hybridized carbons (Fsp3) is 0.625. The van der Waals surface area contributed by atoms with Crippen LogP contribution in [-0.4, -0.2) is 49.2 Å². The van der Waals surface area contributed by atoms with E-state index in [1.165, 1.54) is 0 Å². The van der Waals surface area contributed by atoms with Gasteiger partial charge in [0.05, 0.1) is 17.1 Å². The summed E-state index contributed by atoms with van der Waals surface area (Å²) in [6.45, 7) is 3.25. The highest BCUT2D eigenvalue weighted by molar-refractivity contribution is 7.89. The number of hydrogen-bond donors (Lipinski definition) is 1. The molecule has 3 atom stereocenters. The van der Waals surface area contributed by atoms with Gasteiger partial charge in [-0.05, 0) is 38.3 Å². The summed E-state index contributed by atoms with van der Waals surface area (Å²) in [7, 11) is -3.52. The van der Waals surface area contributed by atoms with E-state index >= 15 is 0 Å². The molecule has 0 amide bonds. The molecule has 2 aliphatic rings. The highest BCUT2D eigenvalue weighted by atomic mass is 32.2. The fourth-order valence-electron chi connectivity index (χ4n) is 3.57. The summed E-state index contributed by atoms with van der Waals surface area (Å²) < 4.78 is 32.9. The van der Waals surface area contributed by atoms with Crippen LogP contribution in [0.3, 0.4) is 0 Å². The predicted octanol–water partition coefficient (Wildman–Crippen LogP) is 1.63. The first-order chi connectivity index (χ1) is 10.4. The molecular formula is C16H23NO4S. The number of aliphatic hydroxyl groups is 1. The lowest BCUT2D eigenvalue weighted by atomic mass is 9.80. The molecular weight excluding hydrogens is 302 g/mol. The third-order valence-corrected chi connectivity index (χ3v) is 6.85. The molecule has 0 radical (unpaired) electrons. The van der Waals surface area contributed by atoms with Crippen LogP contribution in [0.5, 0.6) is 0 Å². The van der Waals surface area contributed by atoms with E-state index in [4.69, 9.17) is 4.74 Å². The van der Waals surface area contributed by atoms with Crippen molar-refractivity contribution < 1.29 is 18.3 Å². The van der Waals surface area contributed by atoms with Crippen molar-refractivity contribution in [1.82, 2.24) is 4.31 Å². The Morgan fingerprint density at radius 2 is 2.05 bits per heavy atom. The van der Waals surface area contributed by atoms with Gasteiger partial charge in [0.1, 0.15) is 0 Å². The molecule has 2 saturated heterocycles. The molecule has 1 aromatic carbocycles. The van der Waals surface area contributed by atoms with Gasteiger partial charge in [-0.15, -0.1) is 0 Å². The number of nitrogens with zero attached hydrogens (tertiary/aromatic N) is 1. The zero-order valence-electron chi connectivity index (χ0n) is 12.8. The van der Waals surface area contributed by atoms with E-state index in [1.54, 1.807) is 41.6 Å². The van der Waals surface area contributed by atoms with Gasteiger partial charge < -0.3 is 9.84 Å². The smallest absolute Gasteiger partial charge is 0.243 e. The van der Waals surface area contributed by atoms with Crippen LogP contribution in [0, 0.1) is 5.92 Å². The number of ether oxygens (including phenoxy) is 1. The third kappa shape index (κ3) is 2.80. The van der Waals surface area contributed by atoms with Gasteiger partial charge in [0.25, 0.3) is 0 Å². The highest BCUT2D eigenvalue weighted by Gasteiger charge is 2.47. The van der Waals surface area contributed by atoms with Gasteiger partial charge in [-0.2, -0.15) is 4.31 Å². The summed E-state index contributed by atoms with van der Waals surface area (Å²) in [4.78, 5) is 0.318. The minimum absolute atomic E-state index is 0.178. The van der Waals surface area contributed by atoms with Crippen LogP contribution in [0.2, 0.25) is 0 Å². The Labute approximate surface area is 131 Å². The molecule has 2 fully saturated rings. The zero-order chi connectivity index (χ0) is 15.8. The van der Waals surface area contributed by atoms with Gasteiger partial charge in [0, 0.05) is 25.1 Å². The van der Waals surface area contributed by atoms with Gasteiger partial charge in [-0.1, -0.05) is 18.2 Å². The first-order valence-electron chi connectivity index (χ1n) is 7.80. The lowest BCUT2D eigenvalue weighted by Gasteiger charge is -2.42. The van der Waals surface area contributed by atoms with Crippen LogP contribution in [0.4, 0.5) is 0 Å². The molecule has 2 aliphatic heterocycles. The highest BCUT2D eigenvalue weighted by Crippen LogP contribution is 2.38. The molecule has 122 valence electrons. The number of rotatable bonds is 3. The van der Waals surface area contributed by atoms with Gasteiger partial charge in [-0.25, -0.2) is 8.42 Å².